The first-order chi connectivity index (χ1) is 13.7. The fourth-order valence-corrected chi connectivity index (χ4v) is 4.45. The number of halogens is 1. The molecule has 0 bridgehead atoms. The normalized spacial score (nSPS) is 19.6. The largest absolute Gasteiger partial charge is 0.493 e. The SMILES string of the molecule is CNc1c2c(nc3cc(OCCCN4CC[C@H](F)C4)c(OC)cc13)CCCC2. The van der Waals surface area contributed by atoms with Crippen molar-refractivity contribution < 1.29 is 13.9 Å². The van der Waals surface area contributed by atoms with E-state index in [0.717, 1.165) is 54.8 Å². The second-order valence-corrected chi connectivity index (χ2v) is 7.78. The summed E-state index contributed by atoms with van der Waals surface area (Å²) in [4.78, 5) is 7.10. The molecule has 2 aliphatic rings. The minimum atomic E-state index is -0.667. The molecule has 1 aromatic heterocycles. The topological polar surface area (TPSA) is 46.6 Å². The Kier molecular flexibility index (Phi) is 5.85. The lowest BCUT2D eigenvalue weighted by molar-refractivity contribution is 0.243. The Labute approximate surface area is 166 Å². The standard InChI is InChI=1S/C22H30FN3O2/c1-24-22-16-6-3-4-7-18(16)25-19-13-21(20(27-2)12-17(19)22)28-11-5-9-26-10-8-15(23)14-26/h12-13,15H,3-11,14H2,1-2H3,(H,24,25)/t15-/m0/s1. The molecular formula is C22H30FN3O2. The third-order valence-electron chi connectivity index (χ3n) is 5.89. The number of ether oxygens (including phenoxy) is 2. The van der Waals surface area contributed by atoms with Crippen molar-refractivity contribution in [2.24, 2.45) is 0 Å². The van der Waals surface area contributed by atoms with Crippen LogP contribution >= 0.6 is 0 Å². The van der Waals surface area contributed by atoms with Gasteiger partial charge >= 0.3 is 0 Å². The number of methoxy groups -OCH3 is 1. The molecule has 28 heavy (non-hydrogen) atoms. The van der Waals surface area contributed by atoms with Gasteiger partial charge in [-0.2, -0.15) is 0 Å². The average molecular weight is 387 g/mol. The molecule has 1 saturated heterocycles. The third kappa shape index (κ3) is 3.88. The van der Waals surface area contributed by atoms with Gasteiger partial charge in [-0.05, 0) is 50.2 Å². The first kappa shape index (κ1) is 19.2. The summed E-state index contributed by atoms with van der Waals surface area (Å²) in [5.74, 6) is 1.46. The van der Waals surface area contributed by atoms with Crippen LogP contribution in [0.4, 0.5) is 10.1 Å². The predicted molar refractivity (Wildman–Crippen MR) is 111 cm³/mol. The Morgan fingerprint density at radius 2 is 2.11 bits per heavy atom. The fraction of sp³-hybridized carbons (Fsp3) is 0.591. The van der Waals surface area contributed by atoms with E-state index < -0.39 is 6.17 Å². The highest BCUT2D eigenvalue weighted by Crippen LogP contribution is 2.39. The molecule has 5 nitrogen and oxygen atoms in total. The van der Waals surface area contributed by atoms with Crippen LogP contribution in [0.1, 0.15) is 36.9 Å². The summed E-state index contributed by atoms with van der Waals surface area (Å²) < 4.78 is 24.9. The summed E-state index contributed by atoms with van der Waals surface area (Å²) in [6, 6.07) is 4.03. The van der Waals surface area contributed by atoms with Crippen molar-refractivity contribution in [1.29, 1.82) is 0 Å². The van der Waals surface area contributed by atoms with Gasteiger partial charge in [-0.25, -0.2) is 4.39 Å². The number of anilines is 1. The lowest BCUT2D eigenvalue weighted by Gasteiger charge is -2.21. The maximum Gasteiger partial charge on any atom is 0.163 e. The number of rotatable bonds is 7. The summed E-state index contributed by atoms with van der Waals surface area (Å²) >= 11 is 0. The van der Waals surface area contributed by atoms with E-state index in [4.69, 9.17) is 14.5 Å². The van der Waals surface area contributed by atoms with Gasteiger partial charge in [0.05, 0.1) is 19.2 Å². The lowest BCUT2D eigenvalue weighted by Crippen LogP contribution is -2.23. The number of nitrogens with zero attached hydrogens (tertiary/aromatic N) is 2. The Morgan fingerprint density at radius 3 is 2.86 bits per heavy atom. The van der Waals surface area contributed by atoms with E-state index in [9.17, 15) is 4.39 Å². The van der Waals surface area contributed by atoms with Crippen molar-refractivity contribution in [3.8, 4) is 11.5 Å². The van der Waals surface area contributed by atoms with Gasteiger partial charge in [-0.1, -0.05) is 0 Å². The Morgan fingerprint density at radius 1 is 1.25 bits per heavy atom. The van der Waals surface area contributed by atoms with Crippen molar-refractivity contribution in [3.05, 3.63) is 23.4 Å². The van der Waals surface area contributed by atoms with E-state index in [1.807, 2.05) is 19.2 Å². The van der Waals surface area contributed by atoms with Crippen LogP contribution in [0.25, 0.3) is 10.9 Å². The molecule has 1 aliphatic heterocycles. The van der Waals surface area contributed by atoms with E-state index >= 15 is 0 Å². The van der Waals surface area contributed by atoms with Gasteiger partial charge in [0.1, 0.15) is 6.17 Å². The minimum absolute atomic E-state index is 0.557. The third-order valence-corrected chi connectivity index (χ3v) is 5.89. The van der Waals surface area contributed by atoms with Crippen LogP contribution in [0.2, 0.25) is 0 Å². The summed E-state index contributed by atoms with van der Waals surface area (Å²) in [7, 11) is 3.64. The fourth-order valence-electron chi connectivity index (χ4n) is 4.45. The zero-order chi connectivity index (χ0) is 19.5. The molecule has 0 saturated carbocycles. The maximum absolute atomic E-state index is 13.3. The van der Waals surface area contributed by atoms with Crippen LogP contribution in [-0.2, 0) is 12.8 Å². The number of alkyl halides is 1. The van der Waals surface area contributed by atoms with Gasteiger partial charge in [-0.15, -0.1) is 0 Å². The van der Waals surface area contributed by atoms with Crippen LogP contribution in [0.5, 0.6) is 11.5 Å². The predicted octanol–water partition coefficient (Wildman–Crippen LogP) is 3.98. The van der Waals surface area contributed by atoms with Gasteiger partial charge in [0, 0.05) is 49.5 Å². The molecule has 2 aromatic rings. The van der Waals surface area contributed by atoms with Crippen molar-refractivity contribution >= 4 is 16.6 Å². The molecule has 1 aromatic carbocycles. The van der Waals surface area contributed by atoms with Crippen molar-refractivity contribution in [3.63, 3.8) is 0 Å². The van der Waals surface area contributed by atoms with Gasteiger partial charge in [-0.3, -0.25) is 4.98 Å². The van der Waals surface area contributed by atoms with E-state index in [1.165, 1.54) is 29.8 Å². The number of hydrogen-bond acceptors (Lipinski definition) is 5. The van der Waals surface area contributed by atoms with Crippen LogP contribution in [0.3, 0.4) is 0 Å². The lowest BCUT2D eigenvalue weighted by atomic mass is 9.92. The molecule has 0 amide bonds. The first-order valence-electron chi connectivity index (χ1n) is 10.4. The van der Waals surface area contributed by atoms with Gasteiger partial charge in [0.2, 0.25) is 0 Å². The Bertz CT molecular complexity index is 842. The average Bonchev–Trinajstić information content (AvgIpc) is 3.13. The molecule has 1 atom stereocenters. The molecular weight excluding hydrogens is 357 g/mol. The molecule has 1 N–H and O–H groups in total. The molecule has 6 heteroatoms. The van der Waals surface area contributed by atoms with Crippen molar-refractivity contribution in [2.45, 2.75) is 44.7 Å². The van der Waals surface area contributed by atoms with E-state index in [-0.39, 0.29) is 0 Å². The minimum Gasteiger partial charge on any atom is -0.493 e. The first-order valence-corrected chi connectivity index (χ1v) is 10.4. The van der Waals surface area contributed by atoms with Gasteiger partial charge in [0.15, 0.2) is 11.5 Å². The summed E-state index contributed by atoms with van der Waals surface area (Å²) in [6.45, 7) is 2.86. The number of aryl methyl sites for hydroxylation is 1. The Hall–Kier alpha value is -2.08. The number of nitrogens with one attached hydrogen (secondary N) is 1. The second-order valence-electron chi connectivity index (χ2n) is 7.78. The number of pyridine rings is 1. The molecule has 4 rings (SSSR count). The summed E-state index contributed by atoms with van der Waals surface area (Å²) in [5, 5.41) is 4.47. The highest BCUT2D eigenvalue weighted by Gasteiger charge is 2.21. The zero-order valence-corrected chi connectivity index (χ0v) is 16.9. The van der Waals surface area contributed by atoms with E-state index in [0.29, 0.717) is 19.6 Å². The van der Waals surface area contributed by atoms with Crippen LogP contribution in [0.15, 0.2) is 12.1 Å². The Balaban J connectivity index is 1.53. The monoisotopic (exact) mass is 387 g/mol. The number of likely N-dealkylation sites (tertiary alicyclic amines) is 1. The molecule has 0 unspecified atom stereocenters. The number of fused-ring (bicyclic) bond motifs is 2. The number of benzene rings is 1. The van der Waals surface area contributed by atoms with E-state index in [1.54, 1.807) is 7.11 Å². The molecule has 0 radical (unpaired) electrons. The van der Waals surface area contributed by atoms with Crippen LogP contribution < -0.4 is 14.8 Å². The van der Waals surface area contributed by atoms with Gasteiger partial charge in [0.25, 0.3) is 0 Å². The molecule has 0 spiro atoms. The molecule has 2 heterocycles. The van der Waals surface area contributed by atoms with Crippen molar-refractivity contribution in [1.82, 2.24) is 9.88 Å². The number of aromatic nitrogens is 1. The molecule has 152 valence electrons. The van der Waals surface area contributed by atoms with Gasteiger partial charge < -0.3 is 19.7 Å². The summed E-state index contributed by atoms with van der Waals surface area (Å²) in [6.07, 6.45) is 5.38. The molecule has 1 fully saturated rings. The smallest absolute Gasteiger partial charge is 0.163 e. The van der Waals surface area contributed by atoms with E-state index in [2.05, 4.69) is 10.2 Å². The van der Waals surface area contributed by atoms with Crippen molar-refractivity contribution in [2.75, 3.05) is 45.7 Å². The maximum atomic E-state index is 13.3. The second kappa shape index (κ2) is 8.52. The van der Waals surface area contributed by atoms with Crippen LogP contribution in [-0.4, -0.2) is 56.5 Å². The highest BCUT2D eigenvalue weighted by molar-refractivity contribution is 5.95. The number of hydrogen-bond donors (Lipinski definition) is 1. The molecule has 1 aliphatic carbocycles. The summed E-state index contributed by atoms with van der Waals surface area (Å²) in [5.41, 5.74) is 4.66. The quantitative estimate of drug-likeness (QED) is 0.729. The zero-order valence-electron chi connectivity index (χ0n) is 16.9. The highest BCUT2D eigenvalue weighted by atomic mass is 19.1. The van der Waals surface area contributed by atoms with Crippen LogP contribution in [0, 0.1) is 0 Å².